The van der Waals surface area contributed by atoms with Crippen LogP contribution in [0.1, 0.15) is 38.3 Å². The molecule has 3 aromatic rings. The number of ether oxygens (including phenoxy) is 1. The van der Waals surface area contributed by atoms with E-state index in [-0.39, 0.29) is 11.8 Å². The summed E-state index contributed by atoms with van der Waals surface area (Å²) in [6, 6.07) is 11.8. The fourth-order valence-corrected chi connectivity index (χ4v) is 2.66. The minimum atomic E-state index is -0.771. The maximum absolute atomic E-state index is 12.7. The summed E-state index contributed by atoms with van der Waals surface area (Å²) in [5, 5.41) is 15.9. The van der Waals surface area contributed by atoms with Crippen LogP contribution < -0.4 is 10.1 Å². The SMILES string of the molecule is CC(Oc1cccc(C#N)c1)C(=O)NC(c1nc(-c2ccncc2)no1)C(C)C. The van der Waals surface area contributed by atoms with E-state index in [0.29, 0.717) is 23.0 Å². The van der Waals surface area contributed by atoms with Crippen LogP contribution in [0.5, 0.6) is 5.75 Å². The molecular formula is C21H21N5O3. The van der Waals surface area contributed by atoms with Crippen molar-refractivity contribution in [3.8, 4) is 23.2 Å². The Morgan fingerprint density at radius 1 is 1.21 bits per heavy atom. The van der Waals surface area contributed by atoms with Crippen LogP contribution >= 0.6 is 0 Å². The number of carbonyl (C=O) groups excluding carboxylic acids is 1. The summed E-state index contributed by atoms with van der Waals surface area (Å²) >= 11 is 0. The summed E-state index contributed by atoms with van der Waals surface area (Å²) in [5.74, 6) is 0.887. The fourth-order valence-electron chi connectivity index (χ4n) is 2.66. The van der Waals surface area contributed by atoms with Crippen LogP contribution in [0, 0.1) is 17.2 Å². The van der Waals surface area contributed by atoms with Crippen molar-refractivity contribution in [2.24, 2.45) is 5.92 Å². The molecule has 0 aliphatic rings. The molecule has 1 N–H and O–H groups in total. The van der Waals surface area contributed by atoms with Crippen molar-refractivity contribution in [2.75, 3.05) is 0 Å². The van der Waals surface area contributed by atoms with E-state index >= 15 is 0 Å². The summed E-state index contributed by atoms with van der Waals surface area (Å²) in [4.78, 5) is 21.1. The van der Waals surface area contributed by atoms with Gasteiger partial charge in [0.1, 0.15) is 11.8 Å². The van der Waals surface area contributed by atoms with Crippen molar-refractivity contribution in [2.45, 2.75) is 32.9 Å². The highest BCUT2D eigenvalue weighted by molar-refractivity contribution is 5.81. The van der Waals surface area contributed by atoms with Crippen molar-refractivity contribution in [3.05, 3.63) is 60.2 Å². The highest BCUT2D eigenvalue weighted by Crippen LogP contribution is 2.24. The highest BCUT2D eigenvalue weighted by atomic mass is 16.5. The Bertz CT molecular complexity index is 1010. The van der Waals surface area contributed by atoms with Gasteiger partial charge in [-0.1, -0.05) is 25.1 Å². The second-order valence-corrected chi connectivity index (χ2v) is 6.82. The number of hydrogen-bond acceptors (Lipinski definition) is 7. The maximum Gasteiger partial charge on any atom is 0.261 e. The van der Waals surface area contributed by atoms with Gasteiger partial charge < -0.3 is 14.6 Å². The van der Waals surface area contributed by atoms with E-state index in [1.165, 1.54) is 0 Å². The zero-order chi connectivity index (χ0) is 20.8. The standard InChI is InChI=1S/C21H21N5O3/c1-13(2)18(21-25-19(26-29-21)16-7-9-23-10-8-16)24-20(27)14(3)28-17-6-4-5-15(11-17)12-22/h4-11,13-14,18H,1-3H3,(H,24,27). The molecule has 29 heavy (non-hydrogen) atoms. The van der Waals surface area contributed by atoms with Gasteiger partial charge in [-0.25, -0.2) is 0 Å². The van der Waals surface area contributed by atoms with E-state index in [1.807, 2.05) is 19.9 Å². The van der Waals surface area contributed by atoms with Gasteiger partial charge in [0.2, 0.25) is 11.7 Å². The first-order chi connectivity index (χ1) is 14.0. The number of pyridine rings is 1. The minimum absolute atomic E-state index is 0.0128. The largest absolute Gasteiger partial charge is 0.481 e. The number of amides is 1. The Hall–Kier alpha value is -3.73. The number of aromatic nitrogens is 3. The van der Waals surface area contributed by atoms with Crippen molar-refractivity contribution in [1.82, 2.24) is 20.4 Å². The molecule has 3 rings (SSSR count). The van der Waals surface area contributed by atoms with Crippen LogP contribution in [0.15, 0.2) is 53.3 Å². The van der Waals surface area contributed by atoms with Gasteiger partial charge in [0.25, 0.3) is 5.91 Å². The predicted molar refractivity (Wildman–Crippen MR) is 104 cm³/mol. The van der Waals surface area contributed by atoms with E-state index < -0.39 is 12.1 Å². The third kappa shape index (κ3) is 4.96. The van der Waals surface area contributed by atoms with Gasteiger partial charge >= 0.3 is 0 Å². The lowest BCUT2D eigenvalue weighted by molar-refractivity contribution is -0.128. The molecule has 0 bridgehead atoms. The Kier molecular flexibility index (Phi) is 6.19. The quantitative estimate of drug-likeness (QED) is 0.657. The Labute approximate surface area is 168 Å². The Balaban J connectivity index is 1.71. The van der Waals surface area contributed by atoms with E-state index in [0.717, 1.165) is 5.56 Å². The van der Waals surface area contributed by atoms with Gasteiger partial charge in [0.15, 0.2) is 6.10 Å². The first-order valence-corrected chi connectivity index (χ1v) is 9.19. The second kappa shape index (κ2) is 8.97. The minimum Gasteiger partial charge on any atom is -0.481 e. The molecule has 0 aliphatic carbocycles. The molecule has 8 heteroatoms. The van der Waals surface area contributed by atoms with Gasteiger partial charge in [-0.05, 0) is 43.2 Å². The molecule has 0 aliphatic heterocycles. The molecular weight excluding hydrogens is 370 g/mol. The number of nitrogens with one attached hydrogen (secondary N) is 1. The molecule has 0 saturated carbocycles. The molecule has 1 aromatic carbocycles. The van der Waals surface area contributed by atoms with Gasteiger partial charge in [-0.3, -0.25) is 9.78 Å². The van der Waals surface area contributed by atoms with Gasteiger partial charge in [-0.15, -0.1) is 0 Å². The predicted octanol–water partition coefficient (Wildman–Crippen LogP) is 3.28. The summed E-state index contributed by atoms with van der Waals surface area (Å²) < 4.78 is 11.1. The van der Waals surface area contributed by atoms with Crippen molar-refractivity contribution >= 4 is 5.91 Å². The average molecular weight is 391 g/mol. The lowest BCUT2D eigenvalue weighted by atomic mass is 10.0. The van der Waals surface area contributed by atoms with Crippen LogP contribution in [-0.4, -0.2) is 27.1 Å². The molecule has 0 radical (unpaired) electrons. The molecule has 148 valence electrons. The second-order valence-electron chi connectivity index (χ2n) is 6.82. The first kappa shape index (κ1) is 20.0. The van der Waals surface area contributed by atoms with Crippen LogP contribution in [0.3, 0.4) is 0 Å². The fraction of sp³-hybridized carbons (Fsp3) is 0.286. The van der Waals surface area contributed by atoms with Crippen LogP contribution in [0.25, 0.3) is 11.4 Å². The molecule has 2 atom stereocenters. The molecule has 2 unspecified atom stereocenters. The number of rotatable bonds is 7. The van der Waals surface area contributed by atoms with Crippen molar-refractivity contribution < 1.29 is 14.1 Å². The molecule has 2 aromatic heterocycles. The molecule has 0 saturated heterocycles. The molecule has 0 spiro atoms. The first-order valence-electron chi connectivity index (χ1n) is 9.19. The van der Waals surface area contributed by atoms with Gasteiger partial charge in [0.05, 0.1) is 11.6 Å². The number of benzene rings is 1. The number of carbonyl (C=O) groups is 1. The Morgan fingerprint density at radius 2 is 1.97 bits per heavy atom. The number of nitrogens with zero attached hydrogens (tertiary/aromatic N) is 4. The smallest absolute Gasteiger partial charge is 0.261 e. The lowest BCUT2D eigenvalue weighted by Gasteiger charge is -2.21. The van der Waals surface area contributed by atoms with E-state index in [1.54, 1.807) is 55.7 Å². The van der Waals surface area contributed by atoms with Gasteiger partial charge in [0, 0.05) is 18.0 Å². The zero-order valence-corrected chi connectivity index (χ0v) is 16.4. The van der Waals surface area contributed by atoms with Crippen LogP contribution in [0.4, 0.5) is 0 Å². The number of hydrogen-bond donors (Lipinski definition) is 1. The average Bonchev–Trinajstić information content (AvgIpc) is 3.22. The van der Waals surface area contributed by atoms with Gasteiger partial charge in [-0.2, -0.15) is 10.2 Å². The summed E-state index contributed by atoms with van der Waals surface area (Å²) in [6.45, 7) is 5.54. The third-order valence-corrected chi connectivity index (χ3v) is 4.26. The maximum atomic E-state index is 12.7. The Morgan fingerprint density at radius 3 is 2.66 bits per heavy atom. The lowest BCUT2D eigenvalue weighted by Crippen LogP contribution is -2.40. The van der Waals surface area contributed by atoms with Crippen molar-refractivity contribution in [1.29, 1.82) is 5.26 Å². The summed E-state index contributed by atoms with van der Waals surface area (Å²) in [6.07, 6.45) is 2.52. The van der Waals surface area contributed by atoms with Crippen LogP contribution in [0.2, 0.25) is 0 Å². The van der Waals surface area contributed by atoms with E-state index in [4.69, 9.17) is 14.5 Å². The van der Waals surface area contributed by atoms with E-state index in [2.05, 4.69) is 20.4 Å². The molecule has 8 nitrogen and oxygen atoms in total. The third-order valence-electron chi connectivity index (χ3n) is 4.26. The molecule has 1 amide bonds. The molecule has 2 heterocycles. The zero-order valence-electron chi connectivity index (χ0n) is 16.4. The number of nitriles is 1. The van der Waals surface area contributed by atoms with E-state index in [9.17, 15) is 4.79 Å². The van der Waals surface area contributed by atoms with Crippen molar-refractivity contribution in [3.63, 3.8) is 0 Å². The van der Waals surface area contributed by atoms with Crippen LogP contribution in [-0.2, 0) is 4.79 Å². The summed E-state index contributed by atoms with van der Waals surface area (Å²) in [5.41, 5.74) is 1.24. The highest BCUT2D eigenvalue weighted by Gasteiger charge is 2.27. The normalized spacial score (nSPS) is 12.8. The molecule has 0 fully saturated rings. The summed E-state index contributed by atoms with van der Waals surface area (Å²) in [7, 11) is 0. The monoisotopic (exact) mass is 391 g/mol. The topological polar surface area (TPSA) is 114 Å².